The lowest BCUT2D eigenvalue weighted by Crippen LogP contribution is -2.58. The molecule has 1 fully saturated rings. The highest BCUT2D eigenvalue weighted by Crippen LogP contribution is 2.21. The number of phenolic OH excluding ortho intramolecular Hbond substituents is 1. The predicted molar refractivity (Wildman–Crippen MR) is 152 cm³/mol. The number of likely N-dealkylation sites (tertiary alicyclic amines) is 1. The van der Waals surface area contributed by atoms with Gasteiger partial charge in [0.1, 0.15) is 36.0 Å². The van der Waals surface area contributed by atoms with Crippen molar-refractivity contribution in [3.63, 3.8) is 0 Å². The van der Waals surface area contributed by atoms with E-state index < -0.39 is 65.7 Å². The van der Waals surface area contributed by atoms with E-state index in [9.17, 15) is 33.9 Å². The van der Waals surface area contributed by atoms with Crippen LogP contribution in [0.4, 0.5) is 0 Å². The van der Waals surface area contributed by atoms with Crippen molar-refractivity contribution in [1.82, 2.24) is 26.2 Å². The van der Waals surface area contributed by atoms with Gasteiger partial charge in [0.05, 0.1) is 6.54 Å². The Morgan fingerprint density at radius 3 is 2.10 bits per heavy atom. The summed E-state index contributed by atoms with van der Waals surface area (Å²) >= 11 is 0. The molecule has 1 aliphatic rings. The topological polar surface area (TPSA) is 220 Å². The molecule has 2 rings (SSSR count). The average Bonchev–Trinajstić information content (AvgIpc) is 3.42. The largest absolute Gasteiger partial charge is 0.508 e. The maximum Gasteiger partial charge on any atom is 0.325 e. The van der Waals surface area contributed by atoms with Gasteiger partial charge < -0.3 is 42.1 Å². The molecular weight excluding hydrogens is 548 g/mol. The summed E-state index contributed by atoms with van der Waals surface area (Å²) in [5.41, 5.74) is 6.02. The number of carboxylic acid groups (broad SMARTS) is 1. The smallest absolute Gasteiger partial charge is 0.325 e. The van der Waals surface area contributed by atoms with Gasteiger partial charge in [-0.3, -0.25) is 28.8 Å². The van der Waals surface area contributed by atoms with Gasteiger partial charge in [-0.15, -0.1) is 0 Å². The molecule has 1 aromatic carbocycles. The van der Waals surface area contributed by atoms with Crippen molar-refractivity contribution in [2.24, 2.45) is 11.7 Å². The standard InChI is InChI=1S/C28H42N6O8/c1-15(2)12-21(32-23(36)14-29)27(40)34-11-5-6-22(34)26(39)33-20(13-18-7-9-19(35)10-8-18)25(38)30-16(3)24(37)31-17(4)28(41)42/h7-10,15-17,20-22,35H,5-6,11-14,29H2,1-4H3,(H,30,38)(H,31,37)(H,32,36)(H,33,39)(H,41,42)/t16-,17-,20-,21-,22-/m0/s1. The van der Waals surface area contributed by atoms with Crippen molar-refractivity contribution in [3.05, 3.63) is 29.8 Å². The molecule has 5 amide bonds. The lowest BCUT2D eigenvalue weighted by Gasteiger charge is -2.30. The summed E-state index contributed by atoms with van der Waals surface area (Å²) in [6, 6.07) is 0.787. The quantitative estimate of drug-likeness (QED) is 0.141. The number of nitrogens with two attached hydrogens (primary N) is 1. The normalized spacial score (nSPS) is 17.5. The van der Waals surface area contributed by atoms with Gasteiger partial charge in [-0.2, -0.15) is 0 Å². The van der Waals surface area contributed by atoms with Crippen molar-refractivity contribution in [1.29, 1.82) is 0 Å². The van der Waals surface area contributed by atoms with Crippen molar-refractivity contribution >= 4 is 35.5 Å². The molecule has 0 spiro atoms. The second-order valence-corrected chi connectivity index (χ2v) is 10.9. The summed E-state index contributed by atoms with van der Waals surface area (Å²) in [5.74, 6) is -4.07. The van der Waals surface area contributed by atoms with Crippen LogP contribution in [0.5, 0.6) is 5.75 Å². The van der Waals surface area contributed by atoms with E-state index in [-0.39, 0.29) is 31.2 Å². The van der Waals surface area contributed by atoms with Crippen LogP contribution in [0, 0.1) is 5.92 Å². The number of hydrogen-bond donors (Lipinski definition) is 7. The summed E-state index contributed by atoms with van der Waals surface area (Å²) in [6.07, 6.45) is 1.23. The molecule has 1 aliphatic heterocycles. The van der Waals surface area contributed by atoms with Crippen LogP contribution >= 0.6 is 0 Å². The molecule has 0 bridgehead atoms. The van der Waals surface area contributed by atoms with Gasteiger partial charge in [0.25, 0.3) is 0 Å². The molecule has 0 radical (unpaired) electrons. The number of carbonyl (C=O) groups is 6. The van der Waals surface area contributed by atoms with Crippen LogP contribution in [0.1, 0.15) is 52.5 Å². The Morgan fingerprint density at radius 1 is 0.905 bits per heavy atom. The van der Waals surface area contributed by atoms with Crippen molar-refractivity contribution in [2.45, 2.75) is 83.6 Å². The van der Waals surface area contributed by atoms with Crippen LogP contribution in [0.3, 0.4) is 0 Å². The van der Waals surface area contributed by atoms with Gasteiger partial charge in [0.2, 0.25) is 29.5 Å². The highest BCUT2D eigenvalue weighted by Gasteiger charge is 2.39. The Morgan fingerprint density at radius 2 is 1.52 bits per heavy atom. The summed E-state index contributed by atoms with van der Waals surface area (Å²) in [4.78, 5) is 77.1. The number of rotatable bonds is 14. The van der Waals surface area contributed by atoms with Gasteiger partial charge in [0.15, 0.2) is 0 Å². The second kappa shape index (κ2) is 15.7. The maximum absolute atomic E-state index is 13.5. The molecule has 42 heavy (non-hydrogen) atoms. The van der Waals surface area contributed by atoms with E-state index in [4.69, 9.17) is 10.8 Å². The summed E-state index contributed by atoms with van der Waals surface area (Å²) in [5, 5.41) is 28.8. The zero-order valence-electron chi connectivity index (χ0n) is 24.4. The van der Waals surface area contributed by atoms with Gasteiger partial charge in [0, 0.05) is 13.0 Å². The Kier molecular flexibility index (Phi) is 12.7. The number of phenols is 1. The molecule has 5 atom stereocenters. The molecule has 1 aromatic rings. The van der Waals surface area contributed by atoms with Crippen molar-refractivity contribution in [3.8, 4) is 5.75 Å². The van der Waals surface area contributed by atoms with Gasteiger partial charge in [-0.25, -0.2) is 0 Å². The van der Waals surface area contributed by atoms with Crippen LogP contribution in [-0.4, -0.2) is 93.9 Å². The first kappa shape index (κ1) is 34.0. The minimum atomic E-state index is -1.24. The first-order chi connectivity index (χ1) is 19.7. The number of nitrogens with one attached hydrogen (secondary N) is 4. The van der Waals surface area contributed by atoms with Crippen LogP contribution < -0.4 is 27.0 Å². The van der Waals surface area contributed by atoms with Crippen LogP contribution in [0.25, 0.3) is 0 Å². The average molecular weight is 591 g/mol. The third kappa shape index (κ3) is 10.0. The number of aromatic hydroxyl groups is 1. The van der Waals surface area contributed by atoms with E-state index in [1.807, 2.05) is 13.8 Å². The zero-order valence-corrected chi connectivity index (χ0v) is 24.4. The minimum absolute atomic E-state index is 0.000912. The highest BCUT2D eigenvalue weighted by atomic mass is 16.4. The Balaban J connectivity index is 2.23. The number of hydrogen-bond acceptors (Lipinski definition) is 8. The number of carboxylic acids is 1. The van der Waals surface area contributed by atoms with E-state index in [0.29, 0.717) is 24.8 Å². The summed E-state index contributed by atoms with van der Waals surface area (Å²) < 4.78 is 0. The predicted octanol–water partition coefficient (Wildman–Crippen LogP) is -1.01. The number of aliphatic carboxylic acids is 1. The molecular formula is C28H42N6O8. The Labute approximate surface area is 244 Å². The van der Waals surface area contributed by atoms with E-state index in [1.165, 1.54) is 30.9 Å². The molecule has 0 aliphatic carbocycles. The summed E-state index contributed by atoms with van der Waals surface area (Å²) in [6.45, 7) is 6.47. The van der Waals surface area contributed by atoms with E-state index in [1.54, 1.807) is 12.1 Å². The fourth-order valence-corrected chi connectivity index (χ4v) is 4.57. The number of amides is 5. The van der Waals surface area contributed by atoms with E-state index in [0.717, 1.165) is 0 Å². The van der Waals surface area contributed by atoms with Crippen molar-refractivity contribution in [2.75, 3.05) is 13.1 Å². The van der Waals surface area contributed by atoms with E-state index >= 15 is 0 Å². The third-order valence-electron chi connectivity index (χ3n) is 6.85. The first-order valence-corrected chi connectivity index (χ1v) is 13.9. The van der Waals surface area contributed by atoms with Gasteiger partial charge in [-0.05, 0) is 56.7 Å². The van der Waals surface area contributed by atoms with Crippen molar-refractivity contribution < 1.29 is 39.0 Å². The van der Waals surface area contributed by atoms with Gasteiger partial charge >= 0.3 is 5.97 Å². The lowest BCUT2D eigenvalue weighted by atomic mass is 10.0. The Hall–Kier alpha value is -4.20. The van der Waals surface area contributed by atoms with E-state index in [2.05, 4.69) is 21.3 Å². The fraction of sp³-hybridized carbons (Fsp3) is 0.571. The van der Waals surface area contributed by atoms with Crippen LogP contribution in [0.15, 0.2) is 24.3 Å². The monoisotopic (exact) mass is 590 g/mol. The van der Waals surface area contributed by atoms with Crippen LogP contribution in [-0.2, 0) is 35.2 Å². The highest BCUT2D eigenvalue weighted by molar-refractivity contribution is 5.96. The zero-order chi connectivity index (χ0) is 31.6. The maximum atomic E-state index is 13.5. The first-order valence-electron chi connectivity index (χ1n) is 13.9. The minimum Gasteiger partial charge on any atom is -0.508 e. The number of carbonyl (C=O) groups excluding carboxylic acids is 5. The molecule has 1 heterocycles. The molecule has 14 heteroatoms. The second-order valence-electron chi connectivity index (χ2n) is 10.9. The lowest BCUT2D eigenvalue weighted by molar-refractivity contribution is -0.142. The third-order valence-corrected chi connectivity index (χ3v) is 6.85. The van der Waals surface area contributed by atoms with Gasteiger partial charge in [-0.1, -0.05) is 26.0 Å². The molecule has 8 N–H and O–H groups in total. The number of benzene rings is 1. The summed E-state index contributed by atoms with van der Waals surface area (Å²) in [7, 11) is 0. The number of nitrogens with zero attached hydrogens (tertiary/aromatic N) is 1. The SMILES string of the molecule is CC(C)C[C@H](NC(=O)CN)C(=O)N1CCC[C@H]1C(=O)N[C@@H](Cc1ccc(O)cc1)C(=O)N[C@@H](C)C(=O)N[C@@H](C)C(=O)O. The molecule has 1 saturated heterocycles. The molecule has 0 saturated carbocycles. The molecule has 0 aromatic heterocycles. The van der Waals surface area contributed by atoms with Crippen LogP contribution in [0.2, 0.25) is 0 Å². The molecule has 232 valence electrons. The fourth-order valence-electron chi connectivity index (χ4n) is 4.57. The Bertz CT molecular complexity index is 1140. The molecule has 14 nitrogen and oxygen atoms in total. The molecule has 0 unspecified atom stereocenters.